The molecule has 0 saturated heterocycles. The number of alkyl halides is 1. The van der Waals surface area contributed by atoms with E-state index in [9.17, 15) is 23.7 Å². The van der Waals surface area contributed by atoms with Crippen LogP contribution in [0.4, 0.5) is 14.5 Å². The molecule has 1 aromatic carbocycles. The van der Waals surface area contributed by atoms with E-state index >= 15 is 0 Å². The molecule has 86 valence electrons. The first-order valence-corrected chi connectivity index (χ1v) is 3.90. The summed E-state index contributed by atoms with van der Waals surface area (Å²) in [6.45, 7) is 0. The highest BCUT2D eigenvalue weighted by Crippen LogP contribution is 2.30. The Kier molecular flexibility index (Phi) is 3.33. The van der Waals surface area contributed by atoms with Gasteiger partial charge in [-0.25, -0.2) is 9.18 Å². The number of benzene rings is 1. The predicted molar refractivity (Wildman–Crippen MR) is 46.2 cm³/mol. The van der Waals surface area contributed by atoms with E-state index in [-0.39, 0.29) is 0 Å². The average molecular weight is 233 g/mol. The van der Waals surface area contributed by atoms with Crippen molar-refractivity contribution >= 4 is 11.7 Å². The number of nitrogens with zero attached hydrogens (tertiary/aromatic N) is 1. The number of rotatable bonds is 4. The maximum absolute atomic E-state index is 13.0. The summed E-state index contributed by atoms with van der Waals surface area (Å²) in [5.41, 5.74) is -0.844. The predicted octanol–water partition coefficient (Wildman–Crippen LogP) is 1.49. The molecule has 0 aromatic heterocycles. The molecule has 0 saturated carbocycles. The minimum absolute atomic E-state index is 0.789. The molecule has 0 aliphatic carbocycles. The summed E-state index contributed by atoms with van der Waals surface area (Å²) >= 11 is 0. The van der Waals surface area contributed by atoms with Crippen molar-refractivity contribution < 1.29 is 28.3 Å². The van der Waals surface area contributed by atoms with Gasteiger partial charge in [-0.05, 0) is 6.07 Å². The quantitative estimate of drug-likeness (QED) is 0.628. The maximum atomic E-state index is 13.0. The Morgan fingerprint density at radius 2 is 2.19 bits per heavy atom. The van der Waals surface area contributed by atoms with E-state index in [1.165, 1.54) is 0 Å². The highest BCUT2D eigenvalue weighted by molar-refractivity contribution is 5.71. The van der Waals surface area contributed by atoms with Crippen LogP contribution in [-0.2, 0) is 4.79 Å². The molecule has 1 rings (SSSR count). The molecule has 1 aromatic rings. The van der Waals surface area contributed by atoms with Gasteiger partial charge in [0, 0.05) is 6.07 Å². The number of carboxylic acid groups (broad SMARTS) is 1. The third kappa shape index (κ3) is 2.41. The first-order chi connectivity index (χ1) is 7.43. The number of halogens is 2. The summed E-state index contributed by atoms with van der Waals surface area (Å²) in [5.74, 6) is -4.25. The Balaban J connectivity index is 3.11. The molecule has 0 aliphatic heterocycles. The van der Waals surface area contributed by atoms with Crippen molar-refractivity contribution in [2.45, 2.75) is 6.36 Å². The first kappa shape index (κ1) is 11.8. The molecular weight excluding hydrogens is 228 g/mol. The number of hydrogen-bond donors (Lipinski definition) is 1. The third-order valence-corrected chi connectivity index (χ3v) is 1.56. The molecule has 6 nitrogen and oxygen atoms in total. The summed E-state index contributed by atoms with van der Waals surface area (Å²) in [7, 11) is 0. The standard InChI is InChI=1S/C8H5F2NO5/c9-4-2-1-3-5(11(14)15)6(4)16-7(10)8(12)13/h1-3,7H,(H,12,13). The average Bonchev–Trinajstić information content (AvgIpc) is 2.20. The number of nitro benzene ring substituents is 1. The Morgan fingerprint density at radius 1 is 1.56 bits per heavy atom. The lowest BCUT2D eigenvalue weighted by atomic mass is 10.3. The second kappa shape index (κ2) is 4.51. The van der Waals surface area contributed by atoms with Gasteiger partial charge in [0.05, 0.1) is 4.92 Å². The molecule has 16 heavy (non-hydrogen) atoms. The number of ether oxygens (including phenoxy) is 1. The van der Waals surface area contributed by atoms with E-state index in [0.29, 0.717) is 0 Å². The van der Waals surface area contributed by atoms with Gasteiger partial charge in [0.2, 0.25) is 5.75 Å². The highest BCUT2D eigenvalue weighted by Gasteiger charge is 2.26. The van der Waals surface area contributed by atoms with Crippen molar-refractivity contribution in [1.29, 1.82) is 0 Å². The Bertz CT molecular complexity index is 436. The SMILES string of the molecule is O=C(O)C(F)Oc1c(F)cccc1[N+](=O)[O-]. The van der Waals surface area contributed by atoms with Gasteiger partial charge in [0.25, 0.3) is 0 Å². The van der Waals surface area contributed by atoms with Crippen molar-refractivity contribution in [3.05, 3.63) is 34.1 Å². The molecule has 0 aliphatic rings. The zero-order chi connectivity index (χ0) is 12.3. The highest BCUT2D eigenvalue weighted by atomic mass is 19.1. The number of carboxylic acids is 1. The fourth-order valence-corrected chi connectivity index (χ4v) is 0.912. The lowest BCUT2D eigenvalue weighted by Gasteiger charge is -2.08. The van der Waals surface area contributed by atoms with Gasteiger partial charge in [-0.15, -0.1) is 0 Å². The minimum Gasteiger partial charge on any atom is -0.476 e. The normalized spacial score (nSPS) is 11.9. The summed E-state index contributed by atoms with van der Waals surface area (Å²) in [6, 6.07) is 2.68. The van der Waals surface area contributed by atoms with E-state index in [2.05, 4.69) is 4.74 Å². The van der Waals surface area contributed by atoms with Crippen LogP contribution in [0.1, 0.15) is 0 Å². The largest absolute Gasteiger partial charge is 0.476 e. The molecule has 0 bridgehead atoms. The number of carbonyl (C=O) groups is 1. The fraction of sp³-hybridized carbons (Fsp3) is 0.125. The molecule has 1 unspecified atom stereocenters. The second-order valence-electron chi connectivity index (χ2n) is 2.62. The molecule has 0 heterocycles. The van der Waals surface area contributed by atoms with Crippen molar-refractivity contribution in [2.24, 2.45) is 0 Å². The lowest BCUT2D eigenvalue weighted by molar-refractivity contribution is -0.386. The summed E-state index contributed by atoms with van der Waals surface area (Å²) in [5, 5.41) is 18.6. The van der Waals surface area contributed by atoms with Gasteiger partial charge in [-0.1, -0.05) is 6.07 Å². The van der Waals surface area contributed by atoms with Crippen LogP contribution in [-0.4, -0.2) is 22.4 Å². The van der Waals surface area contributed by atoms with Gasteiger partial charge in [-0.2, -0.15) is 4.39 Å². The summed E-state index contributed by atoms with van der Waals surface area (Å²) in [4.78, 5) is 19.5. The first-order valence-electron chi connectivity index (χ1n) is 3.90. The Labute approximate surface area is 87.2 Å². The number of para-hydroxylation sites is 1. The molecule has 0 fully saturated rings. The van der Waals surface area contributed by atoms with Crippen LogP contribution < -0.4 is 4.74 Å². The molecule has 0 radical (unpaired) electrons. The number of hydrogen-bond acceptors (Lipinski definition) is 4. The van der Waals surface area contributed by atoms with E-state index in [1.54, 1.807) is 0 Å². The second-order valence-corrected chi connectivity index (χ2v) is 2.62. The summed E-state index contributed by atoms with van der Waals surface area (Å²) in [6.07, 6.45) is -2.87. The van der Waals surface area contributed by atoms with Crippen molar-refractivity contribution in [1.82, 2.24) is 0 Å². The van der Waals surface area contributed by atoms with E-state index in [1.807, 2.05) is 0 Å². The van der Waals surface area contributed by atoms with Crippen LogP contribution in [0.3, 0.4) is 0 Å². The topological polar surface area (TPSA) is 89.7 Å². The van der Waals surface area contributed by atoms with Gasteiger partial charge in [0.15, 0.2) is 5.82 Å². The number of aliphatic carboxylic acids is 1. The third-order valence-electron chi connectivity index (χ3n) is 1.56. The smallest absolute Gasteiger partial charge is 0.378 e. The van der Waals surface area contributed by atoms with Crippen LogP contribution >= 0.6 is 0 Å². The van der Waals surface area contributed by atoms with Crippen LogP contribution in [0, 0.1) is 15.9 Å². The monoisotopic (exact) mass is 233 g/mol. The lowest BCUT2D eigenvalue weighted by Crippen LogP contribution is -2.22. The minimum atomic E-state index is -2.87. The van der Waals surface area contributed by atoms with Crippen molar-refractivity contribution in [2.75, 3.05) is 0 Å². The van der Waals surface area contributed by atoms with E-state index in [0.717, 1.165) is 18.2 Å². The molecule has 8 heteroatoms. The van der Waals surface area contributed by atoms with Gasteiger partial charge >= 0.3 is 18.0 Å². The van der Waals surface area contributed by atoms with Crippen molar-refractivity contribution in [3.63, 3.8) is 0 Å². The Morgan fingerprint density at radius 3 is 2.69 bits per heavy atom. The van der Waals surface area contributed by atoms with Gasteiger partial charge in [0.1, 0.15) is 0 Å². The molecule has 1 atom stereocenters. The van der Waals surface area contributed by atoms with E-state index in [4.69, 9.17) is 5.11 Å². The fourth-order valence-electron chi connectivity index (χ4n) is 0.912. The molecule has 1 N–H and O–H groups in total. The zero-order valence-corrected chi connectivity index (χ0v) is 7.59. The molecule has 0 amide bonds. The molecular formula is C8H5F2NO5. The van der Waals surface area contributed by atoms with Crippen LogP contribution in [0.15, 0.2) is 18.2 Å². The van der Waals surface area contributed by atoms with Gasteiger partial charge in [-0.3, -0.25) is 10.1 Å². The van der Waals surface area contributed by atoms with E-state index < -0.39 is 34.5 Å². The zero-order valence-electron chi connectivity index (χ0n) is 7.59. The van der Waals surface area contributed by atoms with Crippen LogP contribution in [0.5, 0.6) is 5.75 Å². The molecule has 0 spiro atoms. The van der Waals surface area contributed by atoms with Gasteiger partial charge < -0.3 is 9.84 Å². The van der Waals surface area contributed by atoms with Crippen molar-refractivity contribution in [3.8, 4) is 5.75 Å². The number of nitro groups is 1. The maximum Gasteiger partial charge on any atom is 0.378 e. The van der Waals surface area contributed by atoms with Crippen LogP contribution in [0.2, 0.25) is 0 Å². The summed E-state index contributed by atoms with van der Waals surface area (Å²) < 4.78 is 29.7. The van der Waals surface area contributed by atoms with Crippen LogP contribution in [0.25, 0.3) is 0 Å². The Hall–Kier alpha value is -2.25.